The number of aromatic amines is 1. The number of rotatable bonds is 4. The van der Waals surface area contributed by atoms with Crippen molar-refractivity contribution in [3.05, 3.63) is 24.0 Å². The fourth-order valence-electron chi connectivity index (χ4n) is 2.69. The van der Waals surface area contributed by atoms with Crippen molar-refractivity contribution < 1.29 is 4.74 Å². The number of anilines is 1. The van der Waals surface area contributed by atoms with Crippen molar-refractivity contribution in [1.29, 1.82) is 0 Å². The maximum atomic E-state index is 5.91. The fourth-order valence-corrected chi connectivity index (χ4v) is 2.69. The molecule has 1 aromatic carbocycles. The molecule has 0 radical (unpaired) electrons. The van der Waals surface area contributed by atoms with Gasteiger partial charge in [0.05, 0.1) is 17.3 Å². The summed E-state index contributed by atoms with van der Waals surface area (Å²) in [4.78, 5) is 7.93. The zero-order chi connectivity index (χ0) is 12.5. The number of imidazole rings is 1. The number of nitrogens with zero attached hydrogens (tertiary/aromatic N) is 1. The van der Waals surface area contributed by atoms with Crippen molar-refractivity contribution in [3.8, 4) is 0 Å². The smallest absolute Gasteiger partial charge is 0.111 e. The standard InChI is InChI=1S/C14H19N3O/c1-2-18-10-6-9(7-10)8-13-16-12-5-3-4-11(15)14(12)17-13/h3-5,9-10H,2,6-8,15H2,1H3,(H,16,17). The summed E-state index contributed by atoms with van der Waals surface area (Å²) < 4.78 is 5.57. The van der Waals surface area contributed by atoms with E-state index in [2.05, 4.69) is 16.9 Å². The molecule has 0 saturated heterocycles. The van der Waals surface area contributed by atoms with Crippen LogP contribution < -0.4 is 5.73 Å². The van der Waals surface area contributed by atoms with Gasteiger partial charge in [-0.1, -0.05) is 6.07 Å². The van der Waals surface area contributed by atoms with Gasteiger partial charge in [-0.05, 0) is 37.8 Å². The van der Waals surface area contributed by atoms with Crippen molar-refractivity contribution in [2.45, 2.75) is 32.3 Å². The molecule has 1 fully saturated rings. The molecule has 0 spiro atoms. The molecule has 18 heavy (non-hydrogen) atoms. The van der Waals surface area contributed by atoms with E-state index in [-0.39, 0.29) is 0 Å². The number of nitrogens with two attached hydrogens (primary N) is 1. The van der Waals surface area contributed by atoms with E-state index in [1.807, 2.05) is 18.2 Å². The lowest BCUT2D eigenvalue weighted by molar-refractivity contribution is -0.0244. The minimum atomic E-state index is 0.467. The quantitative estimate of drug-likeness (QED) is 0.813. The van der Waals surface area contributed by atoms with Crippen LogP contribution in [0, 0.1) is 5.92 Å². The second-order valence-corrected chi connectivity index (χ2v) is 5.05. The minimum Gasteiger partial charge on any atom is -0.397 e. The van der Waals surface area contributed by atoms with Gasteiger partial charge in [-0.15, -0.1) is 0 Å². The van der Waals surface area contributed by atoms with Crippen molar-refractivity contribution in [3.63, 3.8) is 0 Å². The Morgan fingerprint density at radius 2 is 2.28 bits per heavy atom. The van der Waals surface area contributed by atoms with Crippen LogP contribution in [0.5, 0.6) is 0 Å². The molecular formula is C14H19N3O. The highest BCUT2D eigenvalue weighted by atomic mass is 16.5. The van der Waals surface area contributed by atoms with Crippen LogP contribution in [-0.4, -0.2) is 22.7 Å². The molecule has 0 aliphatic heterocycles. The van der Waals surface area contributed by atoms with Crippen molar-refractivity contribution >= 4 is 16.7 Å². The molecule has 96 valence electrons. The van der Waals surface area contributed by atoms with E-state index in [0.717, 1.165) is 48.4 Å². The molecule has 1 aromatic heterocycles. The Labute approximate surface area is 107 Å². The number of hydrogen-bond donors (Lipinski definition) is 2. The Hall–Kier alpha value is -1.55. The third-order valence-electron chi connectivity index (χ3n) is 3.67. The zero-order valence-corrected chi connectivity index (χ0v) is 10.6. The van der Waals surface area contributed by atoms with Gasteiger partial charge in [0, 0.05) is 13.0 Å². The summed E-state index contributed by atoms with van der Waals surface area (Å²) in [5, 5.41) is 0. The van der Waals surface area contributed by atoms with Gasteiger partial charge in [0.1, 0.15) is 11.3 Å². The SMILES string of the molecule is CCOC1CC(Cc2nc3c(N)cccc3[nH]2)C1. The minimum absolute atomic E-state index is 0.467. The van der Waals surface area contributed by atoms with E-state index in [1.54, 1.807) is 0 Å². The van der Waals surface area contributed by atoms with Gasteiger partial charge in [0.2, 0.25) is 0 Å². The third-order valence-corrected chi connectivity index (χ3v) is 3.67. The van der Waals surface area contributed by atoms with Crippen LogP contribution in [0.25, 0.3) is 11.0 Å². The van der Waals surface area contributed by atoms with Crippen molar-refractivity contribution in [2.75, 3.05) is 12.3 Å². The first-order valence-electron chi connectivity index (χ1n) is 6.61. The van der Waals surface area contributed by atoms with E-state index >= 15 is 0 Å². The molecule has 4 nitrogen and oxygen atoms in total. The predicted octanol–water partition coefficient (Wildman–Crippen LogP) is 2.50. The van der Waals surface area contributed by atoms with Gasteiger partial charge in [-0.3, -0.25) is 0 Å². The van der Waals surface area contributed by atoms with E-state index < -0.39 is 0 Å². The molecule has 1 aliphatic carbocycles. The number of ether oxygens (including phenoxy) is 1. The first kappa shape index (κ1) is 11.5. The second kappa shape index (κ2) is 4.61. The lowest BCUT2D eigenvalue weighted by Crippen LogP contribution is -2.32. The first-order chi connectivity index (χ1) is 8.76. The van der Waals surface area contributed by atoms with E-state index in [0.29, 0.717) is 12.0 Å². The summed E-state index contributed by atoms with van der Waals surface area (Å²) in [6.45, 7) is 2.87. The van der Waals surface area contributed by atoms with E-state index in [4.69, 9.17) is 10.5 Å². The van der Waals surface area contributed by atoms with E-state index in [9.17, 15) is 0 Å². The number of nitrogen functional groups attached to an aromatic ring is 1. The van der Waals surface area contributed by atoms with Crippen LogP contribution in [0.4, 0.5) is 5.69 Å². The highest BCUT2D eigenvalue weighted by Crippen LogP contribution is 2.32. The molecule has 0 unspecified atom stereocenters. The molecule has 1 aliphatic rings. The van der Waals surface area contributed by atoms with Gasteiger partial charge >= 0.3 is 0 Å². The highest BCUT2D eigenvalue weighted by molar-refractivity contribution is 5.86. The van der Waals surface area contributed by atoms with Crippen LogP contribution in [-0.2, 0) is 11.2 Å². The Bertz CT molecular complexity index is 543. The third kappa shape index (κ3) is 2.08. The fraction of sp³-hybridized carbons (Fsp3) is 0.500. The summed E-state index contributed by atoms with van der Waals surface area (Å²) >= 11 is 0. The number of fused-ring (bicyclic) bond motifs is 1. The van der Waals surface area contributed by atoms with Crippen molar-refractivity contribution in [1.82, 2.24) is 9.97 Å². The summed E-state index contributed by atoms with van der Waals surface area (Å²) in [6, 6.07) is 5.86. The van der Waals surface area contributed by atoms with Crippen LogP contribution in [0.1, 0.15) is 25.6 Å². The normalized spacial score (nSPS) is 23.2. The monoisotopic (exact) mass is 245 g/mol. The van der Waals surface area contributed by atoms with Crippen LogP contribution in [0.3, 0.4) is 0 Å². The molecule has 3 N–H and O–H groups in total. The summed E-state index contributed by atoms with van der Waals surface area (Å²) in [5.41, 5.74) is 8.58. The Kier molecular flexibility index (Phi) is 2.96. The molecule has 3 rings (SSSR count). The van der Waals surface area contributed by atoms with Gasteiger partial charge in [-0.25, -0.2) is 4.98 Å². The number of nitrogens with one attached hydrogen (secondary N) is 1. The topological polar surface area (TPSA) is 63.9 Å². The zero-order valence-electron chi connectivity index (χ0n) is 10.6. The highest BCUT2D eigenvalue weighted by Gasteiger charge is 2.30. The average Bonchev–Trinajstić information content (AvgIpc) is 2.71. The molecule has 1 saturated carbocycles. The molecule has 0 atom stereocenters. The van der Waals surface area contributed by atoms with Crippen LogP contribution >= 0.6 is 0 Å². The lowest BCUT2D eigenvalue weighted by atomic mass is 9.80. The van der Waals surface area contributed by atoms with Crippen LogP contribution in [0.15, 0.2) is 18.2 Å². The molecule has 0 amide bonds. The maximum Gasteiger partial charge on any atom is 0.111 e. The van der Waals surface area contributed by atoms with Gasteiger partial charge in [-0.2, -0.15) is 0 Å². The van der Waals surface area contributed by atoms with Gasteiger partial charge < -0.3 is 15.5 Å². The molecule has 0 bridgehead atoms. The maximum absolute atomic E-state index is 5.91. The summed E-state index contributed by atoms with van der Waals surface area (Å²) in [6.07, 6.45) is 3.77. The Balaban J connectivity index is 1.67. The summed E-state index contributed by atoms with van der Waals surface area (Å²) in [7, 11) is 0. The predicted molar refractivity (Wildman–Crippen MR) is 72.3 cm³/mol. The number of hydrogen-bond acceptors (Lipinski definition) is 3. The lowest BCUT2D eigenvalue weighted by Gasteiger charge is -2.34. The molecular weight excluding hydrogens is 226 g/mol. The second-order valence-electron chi connectivity index (χ2n) is 5.05. The number of aromatic nitrogens is 2. The molecule has 1 heterocycles. The molecule has 4 heteroatoms. The number of para-hydroxylation sites is 1. The number of benzene rings is 1. The Morgan fingerprint density at radius 1 is 1.44 bits per heavy atom. The first-order valence-corrected chi connectivity index (χ1v) is 6.61. The van der Waals surface area contributed by atoms with Crippen molar-refractivity contribution in [2.24, 2.45) is 5.92 Å². The van der Waals surface area contributed by atoms with Gasteiger partial charge in [0.25, 0.3) is 0 Å². The number of H-pyrrole nitrogens is 1. The largest absolute Gasteiger partial charge is 0.397 e. The summed E-state index contributed by atoms with van der Waals surface area (Å²) in [5.74, 6) is 1.74. The van der Waals surface area contributed by atoms with E-state index in [1.165, 1.54) is 0 Å². The molecule has 2 aromatic rings. The average molecular weight is 245 g/mol. The Morgan fingerprint density at radius 3 is 3.00 bits per heavy atom. The van der Waals surface area contributed by atoms with Gasteiger partial charge in [0.15, 0.2) is 0 Å². The van der Waals surface area contributed by atoms with Crippen LogP contribution in [0.2, 0.25) is 0 Å².